The summed E-state index contributed by atoms with van der Waals surface area (Å²) in [5.41, 5.74) is -0.601. The van der Waals surface area contributed by atoms with Gasteiger partial charge in [-0.15, -0.1) is 0 Å². The van der Waals surface area contributed by atoms with Crippen LogP contribution in [0.1, 0.15) is 33.6 Å². The Morgan fingerprint density at radius 2 is 2.13 bits per heavy atom. The van der Waals surface area contributed by atoms with Gasteiger partial charge in [-0.1, -0.05) is 20.8 Å². The van der Waals surface area contributed by atoms with Gasteiger partial charge >= 0.3 is 6.09 Å². The van der Waals surface area contributed by atoms with Crippen molar-refractivity contribution in [2.45, 2.75) is 39.2 Å². The highest BCUT2D eigenvalue weighted by atomic mass is 16.4. The Morgan fingerprint density at radius 3 is 2.53 bits per heavy atom. The third-order valence-electron chi connectivity index (χ3n) is 4.06. The van der Waals surface area contributed by atoms with Crippen LogP contribution in [-0.2, 0) is 4.79 Å². The first-order valence-electron chi connectivity index (χ1n) is 5.34. The number of likely N-dealkylation sites (tertiary alicyclic amines) is 1. The molecular formula is C11H17NO3. The molecule has 84 valence electrons. The fraction of sp³-hybridized carbons (Fsp3) is 0.818. The van der Waals surface area contributed by atoms with Crippen LogP contribution in [0.5, 0.6) is 0 Å². The van der Waals surface area contributed by atoms with Crippen molar-refractivity contribution in [3.63, 3.8) is 0 Å². The lowest BCUT2D eigenvalue weighted by molar-refractivity contribution is -0.148. The molecule has 2 unspecified atom stereocenters. The van der Waals surface area contributed by atoms with E-state index in [0.717, 1.165) is 0 Å². The minimum Gasteiger partial charge on any atom is -0.465 e. The van der Waals surface area contributed by atoms with Crippen molar-refractivity contribution in [1.82, 2.24) is 4.90 Å². The van der Waals surface area contributed by atoms with Gasteiger partial charge < -0.3 is 10.0 Å². The molecule has 1 aliphatic carbocycles. The molecule has 2 rings (SSSR count). The summed E-state index contributed by atoms with van der Waals surface area (Å²) in [6.45, 7) is 6.57. The number of fused-ring (bicyclic) bond motifs is 1. The highest BCUT2D eigenvalue weighted by Crippen LogP contribution is 2.56. The van der Waals surface area contributed by atoms with Gasteiger partial charge in [0.15, 0.2) is 0 Å². The lowest BCUT2D eigenvalue weighted by atomic mass is 9.54. The molecule has 0 aromatic rings. The summed E-state index contributed by atoms with van der Waals surface area (Å²) >= 11 is 0. The molecule has 4 heteroatoms. The van der Waals surface area contributed by atoms with Gasteiger partial charge in [0.2, 0.25) is 0 Å². The highest BCUT2D eigenvalue weighted by molar-refractivity contribution is 5.93. The summed E-state index contributed by atoms with van der Waals surface area (Å²) in [6.07, 6.45) is 0.204. The van der Waals surface area contributed by atoms with Crippen LogP contribution >= 0.6 is 0 Å². The van der Waals surface area contributed by atoms with Crippen molar-refractivity contribution in [2.24, 2.45) is 11.3 Å². The molecule has 2 aliphatic rings. The van der Waals surface area contributed by atoms with Gasteiger partial charge in [-0.3, -0.25) is 4.79 Å². The monoisotopic (exact) mass is 211 g/mol. The number of rotatable bonds is 0. The van der Waals surface area contributed by atoms with Gasteiger partial charge in [0, 0.05) is 18.9 Å². The average molecular weight is 211 g/mol. The first-order valence-corrected chi connectivity index (χ1v) is 5.34. The molecule has 1 N–H and O–H groups in total. The maximum atomic E-state index is 11.5. The number of nitrogens with zero attached hydrogens (tertiary/aromatic N) is 1. The topological polar surface area (TPSA) is 57.6 Å². The van der Waals surface area contributed by atoms with Gasteiger partial charge in [0.05, 0.1) is 5.54 Å². The Morgan fingerprint density at radius 1 is 1.53 bits per heavy atom. The maximum Gasteiger partial charge on any atom is 0.407 e. The maximum absolute atomic E-state index is 11.5. The summed E-state index contributed by atoms with van der Waals surface area (Å²) in [4.78, 5) is 24.2. The van der Waals surface area contributed by atoms with Crippen LogP contribution in [0, 0.1) is 11.3 Å². The van der Waals surface area contributed by atoms with Gasteiger partial charge in [0.1, 0.15) is 5.78 Å². The predicted octanol–water partition coefficient (Wildman–Crippen LogP) is 1.74. The second-order valence-electron chi connectivity index (χ2n) is 5.59. The first-order chi connectivity index (χ1) is 6.80. The molecule has 0 aromatic carbocycles. The molecule has 1 heterocycles. The minimum atomic E-state index is -0.889. The van der Waals surface area contributed by atoms with E-state index < -0.39 is 11.6 Å². The zero-order valence-corrected chi connectivity index (χ0v) is 9.41. The number of carbonyl (C=O) groups is 2. The summed E-state index contributed by atoms with van der Waals surface area (Å²) in [5, 5.41) is 9.16. The van der Waals surface area contributed by atoms with Crippen molar-refractivity contribution in [1.29, 1.82) is 0 Å². The summed E-state index contributed by atoms with van der Waals surface area (Å²) in [7, 11) is 0. The molecule has 4 nitrogen and oxygen atoms in total. The largest absolute Gasteiger partial charge is 0.465 e. The van der Waals surface area contributed by atoms with Crippen LogP contribution in [0.4, 0.5) is 4.79 Å². The van der Waals surface area contributed by atoms with Gasteiger partial charge in [0.25, 0.3) is 0 Å². The van der Waals surface area contributed by atoms with Crippen LogP contribution in [0.2, 0.25) is 0 Å². The van der Waals surface area contributed by atoms with E-state index >= 15 is 0 Å². The Balaban J connectivity index is 2.40. The normalized spacial score (nSPS) is 35.0. The van der Waals surface area contributed by atoms with Crippen LogP contribution in [0.25, 0.3) is 0 Å². The zero-order valence-electron chi connectivity index (χ0n) is 9.41. The molecule has 0 bridgehead atoms. The summed E-state index contributed by atoms with van der Waals surface area (Å²) in [5.74, 6) is 0.169. The second-order valence-corrected chi connectivity index (χ2v) is 5.59. The Kier molecular flexibility index (Phi) is 1.91. The number of carboxylic acid groups (broad SMARTS) is 1. The standard InChI is InChI=1S/C11H17NO3/c1-10(2,3)11-6-8(13)7(11)4-5-12(11)9(14)15/h7H,4-6H2,1-3H3,(H,14,15). The van der Waals surface area contributed by atoms with E-state index in [0.29, 0.717) is 19.4 Å². The van der Waals surface area contributed by atoms with E-state index in [1.165, 1.54) is 4.90 Å². The molecule has 0 spiro atoms. The van der Waals surface area contributed by atoms with Crippen molar-refractivity contribution in [3.8, 4) is 0 Å². The number of Topliss-reactive ketones (excluding diaryl/α,β-unsaturated/α-hetero) is 1. The molecule has 0 aromatic heterocycles. The van der Waals surface area contributed by atoms with E-state index in [4.69, 9.17) is 5.11 Å². The van der Waals surface area contributed by atoms with Crippen LogP contribution < -0.4 is 0 Å². The quantitative estimate of drug-likeness (QED) is 0.664. The van der Waals surface area contributed by atoms with Gasteiger partial charge in [-0.2, -0.15) is 0 Å². The van der Waals surface area contributed by atoms with Gasteiger partial charge in [-0.05, 0) is 11.8 Å². The van der Waals surface area contributed by atoms with Crippen LogP contribution in [0.15, 0.2) is 0 Å². The molecule has 1 saturated carbocycles. The second kappa shape index (κ2) is 2.74. The fourth-order valence-electron chi connectivity index (χ4n) is 3.25. The number of amides is 1. The lowest BCUT2D eigenvalue weighted by Gasteiger charge is -2.55. The zero-order chi connectivity index (χ0) is 11.4. The lowest BCUT2D eigenvalue weighted by Crippen LogP contribution is -2.67. The first kappa shape index (κ1) is 10.5. The van der Waals surface area contributed by atoms with E-state index in [9.17, 15) is 9.59 Å². The molecule has 0 radical (unpaired) electrons. The van der Waals surface area contributed by atoms with E-state index in [-0.39, 0.29) is 17.1 Å². The Hall–Kier alpha value is -1.06. The SMILES string of the molecule is CC(C)(C)C12CC(=O)C1CCN2C(=O)O. The van der Waals surface area contributed by atoms with Crippen LogP contribution in [0.3, 0.4) is 0 Å². The van der Waals surface area contributed by atoms with Crippen molar-refractivity contribution >= 4 is 11.9 Å². The third kappa shape index (κ3) is 1.08. The number of ketones is 1. The number of hydrogen-bond acceptors (Lipinski definition) is 2. The van der Waals surface area contributed by atoms with Crippen molar-refractivity contribution in [3.05, 3.63) is 0 Å². The summed E-state index contributed by atoms with van der Waals surface area (Å²) in [6, 6.07) is 0. The number of carbonyl (C=O) groups excluding carboxylic acids is 1. The van der Waals surface area contributed by atoms with E-state index in [1.807, 2.05) is 20.8 Å². The van der Waals surface area contributed by atoms with E-state index in [2.05, 4.69) is 0 Å². The van der Waals surface area contributed by atoms with E-state index in [1.54, 1.807) is 0 Å². The molecule has 2 fully saturated rings. The van der Waals surface area contributed by atoms with Crippen molar-refractivity contribution in [2.75, 3.05) is 6.54 Å². The summed E-state index contributed by atoms with van der Waals surface area (Å²) < 4.78 is 0. The smallest absolute Gasteiger partial charge is 0.407 e. The van der Waals surface area contributed by atoms with Crippen LogP contribution in [-0.4, -0.2) is 34.0 Å². The Labute approximate surface area is 89.3 Å². The van der Waals surface area contributed by atoms with Crippen molar-refractivity contribution < 1.29 is 14.7 Å². The third-order valence-corrected chi connectivity index (χ3v) is 4.06. The molecule has 1 amide bonds. The minimum absolute atomic E-state index is 0.0615. The molecule has 1 aliphatic heterocycles. The molecule has 15 heavy (non-hydrogen) atoms. The fourth-order valence-corrected chi connectivity index (χ4v) is 3.25. The highest BCUT2D eigenvalue weighted by Gasteiger charge is 2.67. The average Bonchev–Trinajstić information content (AvgIpc) is 2.37. The number of hydrogen-bond donors (Lipinski definition) is 1. The van der Waals surface area contributed by atoms with Gasteiger partial charge in [-0.25, -0.2) is 4.79 Å². The molecule has 2 atom stereocenters. The molecule has 1 saturated heterocycles. The predicted molar refractivity (Wildman–Crippen MR) is 54.6 cm³/mol. The Bertz CT molecular complexity index is 331. The molecular weight excluding hydrogens is 194 g/mol.